The minimum atomic E-state index is -5.30. The monoisotopic (exact) mass is 527 g/mol. The molecule has 2 aromatic carbocycles. The average molecular weight is 527 g/mol. The average Bonchev–Trinajstić information content (AvgIpc) is 2.62. The summed E-state index contributed by atoms with van der Waals surface area (Å²) in [7, 11) is -3.00. The molecule has 34 heavy (non-hydrogen) atoms. The topological polar surface area (TPSA) is 9.23 Å². The van der Waals surface area contributed by atoms with Gasteiger partial charge in [0.05, 0.1) is 22.3 Å². The van der Waals surface area contributed by atoms with Gasteiger partial charge < -0.3 is 4.43 Å². The standard InChI is InChI=1S/C20H15F12OSi/c1-34(2,3)33-16(10-4-12(17(21,22)23)8-13(5-10)18(24,25)26)11-6-14(19(27,28)29)9-15(7-11)20(30,31)32/h4-9H,1-3H3. The van der Waals surface area contributed by atoms with E-state index in [1.54, 1.807) is 0 Å². The first kappa shape index (κ1) is 28.0. The summed E-state index contributed by atoms with van der Waals surface area (Å²) in [4.78, 5) is 0. The summed E-state index contributed by atoms with van der Waals surface area (Å²) in [6.45, 7) is 4.18. The molecule has 0 spiro atoms. The zero-order valence-electron chi connectivity index (χ0n) is 17.4. The quantitative estimate of drug-likeness (QED) is 0.286. The third-order valence-electron chi connectivity index (χ3n) is 4.11. The van der Waals surface area contributed by atoms with Gasteiger partial charge in [-0.15, -0.1) is 0 Å². The van der Waals surface area contributed by atoms with Gasteiger partial charge in [-0.3, -0.25) is 0 Å². The normalized spacial score (nSPS) is 14.1. The summed E-state index contributed by atoms with van der Waals surface area (Å²) in [6.07, 6.45) is -22.2. The third kappa shape index (κ3) is 7.14. The molecule has 1 nitrogen and oxygen atoms in total. The first-order chi connectivity index (χ1) is 15.0. The van der Waals surface area contributed by atoms with E-state index in [9.17, 15) is 52.7 Å². The summed E-state index contributed by atoms with van der Waals surface area (Å²) in [5.41, 5.74) is -9.18. The maximum Gasteiger partial charge on any atom is 0.416 e. The Hall–Kier alpha value is -2.22. The van der Waals surface area contributed by atoms with Crippen molar-refractivity contribution in [2.24, 2.45) is 0 Å². The molecule has 0 amide bonds. The van der Waals surface area contributed by atoms with Crippen LogP contribution in [0, 0.1) is 6.10 Å². The Morgan fingerprint density at radius 3 is 0.912 bits per heavy atom. The van der Waals surface area contributed by atoms with Crippen LogP contribution in [0.3, 0.4) is 0 Å². The van der Waals surface area contributed by atoms with Crippen molar-refractivity contribution >= 4 is 8.32 Å². The lowest BCUT2D eigenvalue weighted by Gasteiger charge is -2.28. The highest BCUT2D eigenvalue weighted by atomic mass is 28.4. The maximum absolute atomic E-state index is 13.3. The van der Waals surface area contributed by atoms with Gasteiger partial charge in [0.15, 0.2) is 8.32 Å². The molecule has 2 rings (SSSR count). The largest absolute Gasteiger partial charge is 0.416 e. The molecule has 0 unspecified atom stereocenters. The molecular weight excluding hydrogens is 512 g/mol. The van der Waals surface area contributed by atoms with Crippen molar-refractivity contribution in [2.75, 3.05) is 0 Å². The molecule has 0 atom stereocenters. The van der Waals surface area contributed by atoms with Crippen LogP contribution in [0.25, 0.3) is 0 Å². The van der Waals surface area contributed by atoms with Gasteiger partial charge in [-0.25, -0.2) is 0 Å². The smallest absolute Gasteiger partial charge is 0.401 e. The van der Waals surface area contributed by atoms with Crippen LogP contribution in [-0.2, 0) is 29.1 Å². The third-order valence-corrected chi connectivity index (χ3v) is 4.92. The van der Waals surface area contributed by atoms with Gasteiger partial charge in [0.2, 0.25) is 0 Å². The van der Waals surface area contributed by atoms with Crippen LogP contribution < -0.4 is 0 Å². The Bertz CT molecular complexity index is 886. The fraction of sp³-hybridized carbons (Fsp3) is 0.350. The molecule has 0 heterocycles. The van der Waals surface area contributed by atoms with E-state index in [0.29, 0.717) is 0 Å². The van der Waals surface area contributed by atoms with Gasteiger partial charge in [-0.05, 0) is 67.2 Å². The number of hydrogen-bond donors (Lipinski definition) is 0. The van der Waals surface area contributed by atoms with E-state index in [0.717, 1.165) is 0 Å². The molecule has 0 aliphatic carbocycles. The molecule has 0 fully saturated rings. The Labute approximate surface area is 186 Å². The van der Waals surface area contributed by atoms with Crippen molar-refractivity contribution in [3.63, 3.8) is 0 Å². The first-order valence-electron chi connectivity index (χ1n) is 9.14. The number of benzene rings is 2. The fourth-order valence-electron chi connectivity index (χ4n) is 2.76. The molecule has 0 aliphatic rings. The van der Waals surface area contributed by atoms with Gasteiger partial charge in [0.25, 0.3) is 0 Å². The van der Waals surface area contributed by atoms with E-state index in [2.05, 4.69) is 0 Å². The first-order valence-corrected chi connectivity index (χ1v) is 12.5. The molecular formula is C20H15F12OSi. The lowest BCUT2D eigenvalue weighted by atomic mass is 9.94. The number of rotatable bonds is 4. The number of halogens is 12. The van der Waals surface area contributed by atoms with Crippen LogP contribution >= 0.6 is 0 Å². The molecule has 0 aliphatic heterocycles. The summed E-state index contributed by atoms with van der Waals surface area (Å²) < 4.78 is 165. The lowest BCUT2D eigenvalue weighted by Crippen LogP contribution is -2.30. The van der Waals surface area contributed by atoms with Crippen molar-refractivity contribution in [1.29, 1.82) is 0 Å². The molecule has 0 aromatic heterocycles. The predicted octanol–water partition coefficient (Wildman–Crippen LogP) is 8.54. The van der Waals surface area contributed by atoms with Crippen molar-refractivity contribution in [2.45, 2.75) is 44.3 Å². The Morgan fingerprint density at radius 2 is 0.735 bits per heavy atom. The van der Waals surface area contributed by atoms with Crippen LogP contribution in [-0.4, -0.2) is 8.32 Å². The van der Waals surface area contributed by atoms with Gasteiger partial charge in [-0.2, -0.15) is 52.7 Å². The Morgan fingerprint density at radius 1 is 0.500 bits per heavy atom. The van der Waals surface area contributed by atoms with Gasteiger partial charge in [-0.1, -0.05) is 0 Å². The summed E-state index contributed by atoms with van der Waals surface area (Å²) in [5.74, 6) is 0. The van der Waals surface area contributed by atoms with Crippen molar-refractivity contribution in [3.05, 3.63) is 75.9 Å². The van der Waals surface area contributed by atoms with Crippen molar-refractivity contribution < 1.29 is 57.1 Å². The minimum absolute atomic E-state index is 0.179. The molecule has 1 radical (unpaired) electrons. The van der Waals surface area contributed by atoms with Crippen molar-refractivity contribution in [1.82, 2.24) is 0 Å². The lowest BCUT2D eigenvalue weighted by molar-refractivity contribution is -0.144. The molecule has 2 aromatic rings. The second kappa shape index (κ2) is 8.77. The molecule has 0 N–H and O–H groups in total. The zero-order valence-corrected chi connectivity index (χ0v) is 18.4. The molecule has 0 saturated heterocycles. The van der Waals surface area contributed by atoms with E-state index >= 15 is 0 Å². The molecule has 0 bridgehead atoms. The van der Waals surface area contributed by atoms with E-state index < -0.39 is 72.5 Å². The van der Waals surface area contributed by atoms with Gasteiger partial charge in [0, 0.05) is 0 Å². The SMILES string of the molecule is C[Si](C)(C)O[C](c1cc(C(F)(F)F)cc(C(F)(F)F)c1)c1cc(C(F)(F)F)cc(C(F)(F)F)c1. The number of alkyl halides is 12. The molecule has 0 saturated carbocycles. The molecule has 189 valence electrons. The van der Waals surface area contributed by atoms with Crippen LogP contribution in [0.2, 0.25) is 19.6 Å². The van der Waals surface area contributed by atoms with Crippen LogP contribution in [0.15, 0.2) is 36.4 Å². The van der Waals surface area contributed by atoms with Crippen LogP contribution in [0.4, 0.5) is 52.7 Å². The highest BCUT2D eigenvalue weighted by Crippen LogP contribution is 2.42. The van der Waals surface area contributed by atoms with E-state index in [4.69, 9.17) is 4.43 Å². The summed E-state index contributed by atoms with van der Waals surface area (Å²) >= 11 is 0. The summed E-state index contributed by atoms with van der Waals surface area (Å²) in [6, 6.07) is 0.277. The second-order valence-electron chi connectivity index (χ2n) is 8.13. The van der Waals surface area contributed by atoms with Gasteiger partial charge >= 0.3 is 24.7 Å². The van der Waals surface area contributed by atoms with E-state index in [-0.39, 0.29) is 36.4 Å². The summed E-state index contributed by atoms with van der Waals surface area (Å²) in [5, 5.41) is 0. The highest BCUT2D eigenvalue weighted by molar-refractivity contribution is 6.70. The van der Waals surface area contributed by atoms with E-state index in [1.807, 2.05) is 0 Å². The highest BCUT2D eigenvalue weighted by Gasteiger charge is 2.41. The van der Waals surface area contributed by atoms with Crippen molar-refractivity contribution in [3.8, 4) is 0 Å². The van der Waals surface area contributed by atoms with Crippen LogP contribution in [0.1, 0.15) is 33.4 Å². The number of hydrogen-bond acceptors (Lipinski definition) is 1. The Kier molecular flexibility index (Phi) is 7.23. The minimum Gasteiger partial charge on any atom is -0.401 e. The maximum atomic E-state index is 13.3. The Balaban J connectivity index is 2.91. The van der Waals surface area contributed by atoms with E-state index in [1.165, 1.54) is 19.6 Å². The van der Waals surface area contributed by atoms with Gasteiger partial charge in [0.1, 0.15) is 6.10 Å². The zero-order chi connectivity index (χ0) is 26.5. The predicted molar refractivity (Wildman–Crippen MR) is 98.8 cm³/mol. The second-order valence-corrected chi connectivity index (χ2v) is 12.6. The molecule has 14 heteroatoms. The fourth-order valence-corrected chi connectivity index (χ4v) is 3.61. The van der Waals surface area contributed by atoms with Crippen LogP contribution in [0.5, 0.6) is 0 Å².